The molecule has 0 radical (unpaired) electrons. The van der Waals surface area contributed by atoms with Crippen molar-refractivity contribution < 1.29 is 14.7 Å². The number of H-pyrrole nitrogens is 1. The monoisotopic (exact) mass is 478 g/mol. The number of hydrogen-bond donors (Lipinski definition) is 2. The molecule has 5 nitrogen and oxygen atoms in total. The molecule has 1 aliphatic rings. The number of fused-ring (bicyclic) bond motifs is 1. The molecule has 1 unspecified atom stereocenters. The predicted octanol–water partition coefficient (Wildman–Crippen LogP) is 6.26. The summed E-state index contributed by atoms with van der Waals surface area (Å²) < 4.78 is 0. The fourth-order valence-electron chi connectivity index (χ4n) is 4.97. The molecule has 3 aromatic carbocycles. The molecule has 1 atom stereocenters. The summed E-state index contributed by atoms with van der Waals surface area (Å²) in [5.41, 5.74) is 5.82. The average molecular weight is 479 g/mol. The number of hydrogen-bond acceptors (Lipinski definition) is 3. The number of carbonyl (C=O) groups is 2. The molecule has 36 heavy (non-hydrogen) atoms. The Hall–Kier alpha value is -4.12. The Kier molecular flexibility index (Phi) is 6.23. The van der Waals surface area contributed by atoms with E-state index >= 15 is 0 Å². The van der Waals surface area contributed by atoms with Crippen LogP contribution in [0.3, 0.4) is 0 Å². The van der Waals surface area contributed by atoms with E-state index < -0.39 is 17.7 Å². The number of aliphatic hydroxyl groups is 1. The quantitative estimate of drug-likeness (QED) is 0.195. The molecule has 5 rings (SSSR count). The van der Waals surface area contributed by atoms with Crippen LogP contribution < -0.4 is 0 Å². The van der Waals surface area contributed by atoms with E-state index in [1.54, 1.807) is 17.0 Å². The van der Waals surface area contributed by atoms with Gasteiger partial charge in [0.2, 0.25) is 0 Å². The van der Waals surface area contributed by atoms with E-state index in [1.165, 1.54) is 5.56 Å². The minimum absolute atomic E-state index is 0.138. The SMILES string of the molecule is Cc1ccc(C(O)=C2C(=O)C(=O)N(CCc3c[nH]c4ccccc34)C2c2ccc(C(C)C)cc2)cc1. The van der Waals surface area contributed by atoms with Crippen LogP contribution in [-0.4, -0.2) is 33.2 Å². The van der Waals surface area contributed by atoms with E-state index in [2.05, 4.69) is 24.9 Å². The minimum Gasteiger partial charge on any atom is -0.507 e. The second kappa shape index (κ2) is 9.50. The van der Waals surface area contributed by atoms with E-state index in [4.69, 9.17) is 0 Å². The van der Waals surface area contributed by atoms with Gasteiger partial charge >= 0.3 is 0 Å². The van der Waals surface area contributed by atoms with E-state index in [9.17, 15) is 14.7 Å². The van der Waals surface area contributed by atoms with Gasteiger partial charge in [-0.15, -0.1) is 0 Å². The summed E-state index contributed by atoms with van der Waals surface area (Å²) in [6.45, 7) is 6.57. The highest BCUT2D eigenvalue weighted by Gasteiger charge is 2.45. The summed E-state index contributed by atoms with van der Waals surface area (Å²) in [6, 6.07) is 22.7. The molecular formula is C31H30N2O3. The zero-order valence-electron chi connectivity index (χ0n) is 20.8. The first-order valence-electron chi connectivity index (χ1n) is 12.4. The molecular weight excluding hydrogens is 448 g/mol. The van der Waals surface area contributed by atoms with Gasteiger partial charge in [0, 0.05) is 29.2 Å². The molecule has 1 amide bonds. The van der Waals surface area contributed by atoms with Gasteiger partial charge in [0.1, 0.15) is 5.76 Å². The Morgan fingerprint density at radius 1 is 0.972 bits per heavy atom. The van der Waals surface area contributed by atoms with Crippen molar-refractivity contribution in [1.82, 2.24) is 9.88 Å². The maximum Gasteiger partial charge on any atom is 0.295 e. The van der Waals surface area contributed by atoms with Gasteiger partial charge in [-0.25, -0.2) is 0 Å². The van der Waals surface area contributed by atoms with Crippen molar-refractivity contribution >= 4 is 28.4 Å². The van der Waals surface area contributed by atoms with Crippen LogP contribution in [0, 0.1) is 6.92 Å². The number of aliphatic hydroxyl groups excluding tert-OH is 1. The summed E-state index contributed by atoms with van der Waals surface area (Å²) in [4.78, 5) is 31.5. The van der Waals surface area contributed by atoms with Crippen molar-refractivity contribution in [3.8, 4) is 0 Å². The number of nitrogens with zero attached hydrogens (tertiary/aromatic N) is 1. The zero-order valence-corrected chi connectivity index (χ0v) is 20.8. The molecule has 0 saturated carbocycles. The molecule has 4 aromatic rings. The number of nitrogens with one attached hydrogen (secondary N) is 1. The van der Waals surface area contributed by atoms with Gasteiger partial charge in [-0.2, -0.15) is 0 Å². The predicted molar refractivity (Wildman–Crippen MR) is 143 cm³/mol. The lowest BCUT2D eigenvalue weighted by Crippen LogP contribution is -2.31. The lowest BCUT2D eigenvalue weighted by molar-refractivity contribution is -0.139. The van der Waals surface area contributed by atoms with Gasteiger partial charge in [-0.1, -0.05) is 86.1 Å². The molecule has 0 aliphatic carbocycles. The Bertz CT molecular complexity index is 1460. The minimum atomic E-state index is -0.655. The van der Waals surface area contributed by atoms with Crippen molar-refractivity contribution in [2.24, 2.45) is 0 Å². The van der Waals surface area contributed by atoms with Crippen LogP contribution in [0.25, 0.3) is 16.7 Å². The number of benzene rings is 3. The third-order valence-corrected chi connectivity index (χ3v) is 7.08. The topological polar surface area (TPSA) is 73.4 Å². The Morgan fingerprint density at radius 3 is 2.36 bits per heavy atom. The summed E-state index contributed by atoms with van der Waals surface area (Å²) in [5, 5.41) is 12.4. The molecule has 2 heterocycles. The van der Waals surface area contributed by atoms with Gasteiger partial charge < -0.3 is 15.0 Å². The Balaban J connectivity index is 1.56. The second-order valence-corrected chi connectivity index (χ2v) is 9.79. The molecule has 0 spiro atoms. The number of rotatable bonds is 6. The molecule has 182 valence electrons. The number of aromatic amines is 1. The van der Waals surface area contributed by atoms with Crippen molar-refractivity contribution in [3.05, 3.63) is 112 Å². The van der Waals surface area contributed by atoms with Gasteiger partial charge in [-0.05, 0) is 42.0 Å². The molecule has 1 saturated heterocycles. The Labute approximate surface area is 211 Å². The van der Waals surface area contributed by atoms with E-state index in [0.29, 0.717) is 24.4 Å². The third kappa shape index (κ3) is 4.22. The molecule has 5 heteroatoms. The number of Topliss-reactive ketones (excluding diaryl/α,β-unsaturated/α-hetero) is 1. The highest BCUT2D eigenvalue weighted by atomic mass is 16.3. The first kappa shape index (κ1) is 23.6. The Morgan fingerprint density at radius 2 is 1.67 bits per heavy atom. The first-order valence-corrected chi connectivity index (χ1v) is 12.4. The molecule has 1 aliphatic heterocycles. The average Bonchev–Trinajstić information content (AvgIpc) is 3.41. The zero-order chi connectivity index (χ0) is 25.4. The standard InChI is InChI=1S/C31H30N2O3/c1-19(2)21-12-14-22(15-13-21)28-27(29(34)23-10-8-20(3)9-11-23)30(35)31(36)33(28)17-16-24-18-32-26-7-5-4-6-25(24)26/h4-15,18-19,28,32,34H,16-17H2,1-3H3. The van der Waals surface area contributed by atoms with Gasteiger partial charge in [0.25, 0.3) is 11.7 Å². The number of amides is 1. The molecule has 2 N–H and O–H groups in total. The lowest BCUT2D eigenvalue weighted by atomic mass is 9.93. The van der Waals surface area contributed by atoms with Gasteiger partial charge in [-0.3, -0.25) is 9.59 Å². The van der Waals surface area contributed by atoms with Crippen molar-refractivity contribution in [1.29, 1.82) is 0 Å². The smallest absolute Gasteiger partial charge is 0.295 e. The highest BCUT2D eigenvalue weighted by molar-refractivity contribution is 6.46. The maximum absolute atomic E-state index is 13.3. The number of para-hydroxylation sites is 1. The van der Waals surface area contributed by atoms with E-state index in [1.807, 2.05) is 67.7 Å². The fraction of sp³-hybridized carbons (Fsp3) is 0.226. The van der Waals surface area contributed by atoms with Crippen LogP contribution >= 0.6 is 0 Å². The maximum atomic E-state index is 13.3. The van der Waals surface area contributed by atoms with Crippen molar-refractivity contribution in [2.45, 2.75) is 39.2 Å². The number of aromatic nitrogens is 1. The number of ketones is 1. The van der Waals surface area contributed by atoms with Crippen LogP contribution in [-0.2, 0) is 16.0 Å². The van der Waals surface area contributed by atoms with Crippen LogP contribution in [0.4, 0.5) is 0 Å². The summed E-state index contributed by atoms with van der Waals surface area (Å²) >= 11 is 0. The summed E-state index contributed by atoms with van der Waals surface area (Å²) in [6.07, 6.45) is 2.54. The number of aryl methyl sites for hydroxylation is 1. The van der Waals surface area contributed by atoms with Gasteiger partial charge in [0.05, 0.1) is 11.6 Å². The molecule has 0 bridgehead atoms. The number of likely N-dealkylation sites (tertiary alicyclic amines) is 1. The summed E-state index contributed by atoms with van der Waals surface area (Å²) in [5.74, 6) is -1.01. The van der Waals surface area contributed by atoms with Gasteiger partial charge in [0.15, 0.2) is 0 Å². The fourth-order valence-corrected chi connectivity index (χ4v) is 4.97. The van der Waals surface area contributed by atoms with Crippen LogP contribution in [0.1, 0.15) is 53.6 Å². The molecule has 1 aromatic heterocycles. The largest absolute Gasteiger partial charge is 0.507 e. The number of carbonyl (C=O) groups excluding carboxylic acids is 2. The first-order chi connectivity index (χ1) is 17.3. The highest BCUT2D eigenvalue weighted by Crippen LogP contribution is 2.40. The van der Waals surface area contributed by atoms with Crippen molar-refractivity contribution in [2.75, 3.05) is 6.54 Å². The van der Waals surface area contributed by atoms with Crippen molar-refractivity contribution in [3.63, 3.8) is 0 Å². The van der Waals surface area contributed by atoms with Crippen LogP contribution in [0.2, 0.25) is 0 Å². The molecule has 1 fully saturated rings. The lowest BCUT2D eigenvalue weighted by Gasteiger charge is -2.25. The van der Waals surface area contributed by atoms with Crippen LogP contribution in [0.15, 0.2) is 84.6 Å². The third-order valence-electron chi connectivity index (χ3n) is 7.08. The second-order valence-electron chi connectivity index (χ2n) is 9.79. The normalized spacial score (nSPS) is 17.4. The van der Waals surface area contributed by atoms with E-state index in [0.717, 1.165) is 27.6 Å². The van der Waals surface area contributed by atoms with Crippen LogP contribution in [0.5, 0.6) is 0 Å². The summed E-state index contributed by atoms with van der Waals surface area (Å²) in [7, 11) is 0. The van der Waals surface area contributed by atoms with E-state index in [-0.39, 0.29) is 11.3 Å².